The zero-order valence-corrected chi connectivity index (χ0v) is 16.8. The van der Waals surface area contributed by atoms with Crippen molar-refractivity contribution in [2.75, 3.05) is 56.5 Å². The van der Waals surface area contributed by atoms with Crippen molar-refractivity contribution in [3.8, 4) is 0 Å². The van der Waals surface area contributed by atoms with Gasteiger partial charge in [-0.15, -0.1) is 0 Å². The average molecular weight is 393 g/mol. The van der Waals surface area contributed by atoms with Gasteiger partial charge in [-0.2, -0.15) is 0 Å². The second-order valence-corrected chi connectivity index (χ2v) is 7.72. The van der Waals surface area contributed by atoms with Crippen molar-refractivity contribution in [1.29, 1.82) is 0 Å². The number of rotatable bonds is 4. The van der Waals surface area contributed by atoms with Gasteiger partial charge in [0, 0.05) is 62.4 Å². The van der Waals surface area contributed by atoms with Crippen LogP contribution in [0, 0.1) is 0 Å². The van der Waals surface area contributed by atoms with Crippen LogP contribution in [-0.2, 0) is 0 Å². The molecule has 1 N–H and O–H groups in total. The van der Waals surface area contributed by atoms with E-state index in [2.05, 4.69) is 20.1 Å². The highest BCUT2D eigenvalue weighted by Crippen LogP contribution is 2.22. The van der Waals surface area contributed by atoms with Crippen molar-refractivity contribution in [2.45, 2.75) is 12.8 Å². The average Bonchev–Trinajstić information content (AvgIpc) is 3.29. The van der Waals surface area contributed by atoms with E-state index in [9.17, 15) is 9.59 Å². The van der Waals surface area contributed by atoms with Gasteiger partial charge in [0.1, 0.15) is 5.69 Å². The molecule has 0 bridgehead atoms. The molecule has 0 saturated carbocycles. The van der Waals surface area contributed by atoms with Gasteiger partial charge in [-0.3, -0.25) is 14.6 Å². The third-order valence-electron chi connectivity index (χ3n) is 5.63. The lowest BCUT2D eigenvalue weighted by atomic mass is 10.1. The highest BCUT2D eigenvalue weighted by atomic mass is 16.2. The van der Waals surface area contributed by atoms with Crippen LogP contribution in [0.2, 0.25) is 0 Å². The maximum Gasteiger partial charge on any atom is 0.274 e. The molecule has 2 saturated heterocycles. The fraction of sp³-hybridized carbons (Fsp3) is 0.409. The Morgan fingerprint density at radius 1 is 0.931 bits per heavy atom. The molecule has 2 amide bonds. The lowest BCUT2D eigenvalue weighted by Crippen LogP contribution is -2.47. The Hall–Kier alpha value is -2.93. The van der Waals surface area contributed by atoms with Crippen LogP contribution in [-0.4, -0.2) is 72.9 Å². The van der Waals surface area contributed by atoms with Gasteiger partial charge in [0.2, 0.25) is 0 Å². The number of hydrogen-bond donors (Lipinski definition) is 1. The van der Waals surface area contributed by atoms with Crippen LogP contribution in [0.5, 0.6) is 0 Å². The molecule has 0 atom stereocenters. The van der Waals surface area contributed by atoms with Crippen LogP contribution in [0.4, 0.5) is 11.4 Å². The summed E-state index contributed by atoms with van der Waals surface area (Å²) in [5.41, 5.74) is 2.64. The molecule has 2 aliphatic heterocycles. The Morgan fingerprint density at radius 3 is 2.31 bits per heavy atom. The van der Waals surface area contributed by atoms with Crippen molar-refractivity contribution < 1.29 is 9.59 Å². The number of benzene rings is 1. The van der Waals surface area contributed by atoms with Crippen LogP contribution in [0.1, 0.15) is 33.7 Å². The zero-order valence-electron chi connectivity index (χ0n) is 16.8. The van der Waals surface area contributed by atoms with Gasteiger partial charge >= 0.3 is 0 Å². The summed E-state index contributed by atoms with van der Waals surface area (Å²) in [6, 6.07) is 11.1. The highest BCUT2D eigenvalue weighted by Gasteiger charge is 2.21. The van der Waals surface area contributed by atoms with E-state index >= 15 is 0 Å². The second kappa shape index (κ2) is 8.61. The normalized spacial score (nSPS) is 17.4. The van der Waals surface area contributed by atoms with Crippen molar-refractivity contribution in [1.82, 2.24) is 14.8 Å². The van der Waals surface area contributed by atoms with E-state index in [0.29, 0.717) is 18.7 Å². The number of hydrogen-bond acceptors (Lipinski definition) is 5. The van der Waals surface area contributed by atoms with E-state index in [4.69, 9.17) is 0 Å². The first kappa shape index (κ1) is 19.4. The SMILES string of the molecule is CN1CCN(C(=O)c2ccnc(C(=O)Nc3ccc(N4CCCC4)cc3)c2)CC1. The minimum absolute atomic E-state index is 0.0514. The third kappa shape index (κ3) is 4.56. The molecule has 1 aromatic heterocycles. The molecule has 2 aromatic rings. The molecule has 4 rings (SSSR count). The summed E-state index contributed by atoms with van der Waals surface area (Å²) < 4.78 is 0. The van der Waals surface area contributed by atoms with Gasteiger partial charge < -0.3 is 20.0 Å². The number of amides is 2. The minimum atomic E-state index is -0.313. The minimum Gasteiger partial charge on any atom is -0.372 e. The molecule has 0 radical (unpaired) electrons. The quantitative estimate of drug-likeness (QED) is 0.863. The summed E-state index contributed by atoms with van der Waals surface area (Å²) >= 11 is 0. The number of carbonyl (C=O) groups excluding carboxylic acids is 2. The van der Waals surface area contributed by atoms with Gasteiger partial charge in [0.05, 0.1) is 0 Å². The summed E-state index contributed by atoms with van der Waals surface area (Å²) in [6.45, 7) is 5.29. The zero-order chi connectivity index (χ0) is 20.2. The summed E-state index contributed by atoms with van der Waals surface area (Å²) in [5, 5.41) is 2.88. The first-order valence-electron chi connectivity index (χ1n) is 10.2. The standard InChI is InChI=1S/C22H27N5O2/c1-25-12-14-27(15-13-25)22(29)17-8-9-23-20(16-17)21(28)24-18-4-6-19(7-5-18)26-10-2-3-11-26/h4-9,16H,2-3,10-15H2,1H3,(H,24,28). The first-order valence-corrected chi connectivity index (χ1v) is 10.2. The molecule has 2 aliphatic rings. The molecule has 2 fully saturated rings. The molecule has 7 heteroatoms. The summed E-state index contributed by atoms with van der Waals surface area (Å²) in [4.78, 5) is 35.9. The van der Waals surface area contributed by atoms with Crippen LogP contribution in [0.15, 0.2) is 42.6 Å². The molecular formula is C22H27N5O2. The second-order valence-electron chi connectivity index (χ2n) is 7.72. The van der Waals surface area contributed by atoms with E-state index in [1.165, 1.54) is 24.7 Å². The maximum absolute atomic E-state index is 12.7. The highest BCUT2D eigenvalue weighted by molar-refractivity contribution is 6.04. The molecule has 0 spiro atoms. The third-order valence-corrected chi connectivity index (χ3v) is 5.63. The topological polar surface area (TPSA) is 68.8 Å². The number of carbonyl (C=O) groups is 2. The predicted octanol–water partition coefficient (Wildman–Crippen LogP) is 2.32. The first-order chi connectivity index (χ1) is 14.1. The van der Waals surface area contributed by atoms with E-state index in [0.717, 1.165) is 31.9 Å². The number of pyridine rings is 1. The Labute approximate surface area is 171 Å². The van der Waals surface area contributed by atoms with Gasteiger partial charge in [0.15, 0.2) is 0 Å². The fourth-order valence-electron chi connectivity index (χ4n) is 3.81. The monoisotopic (exact) mass is 393 g/mol. The van der Waals surface area contributed by atoms with Crippen LogP contribution < -0.4 is 10.2 Å². The number of anilines is 2. The van der Waals surface area contributed by atoms with E-state index in [-0.39, 0.29) is 17.5 Å². The number of nitrogens with zero attached hydrogens (tertiary/aromatic N) is 4. The summed E-state index contributed by atoms with van der Waals surface area (Å²) in [7, 11) is 2.05. The van der Waals surface area contributed by atoms with Crippen LogP contribution in [0.3, 0.4) is 0 Å². The van der Waals surface area contributed by atoms with Gasteiger partial charge in [-0.05, 0) is 56.3 Å². The molecule has 0 aliphatic carbocycles. The number of nitrogens with one attached hydrogen (secondary N) is 1. The van der Waals surface area contributed by atoms with E-state index in [1.807, 2.05) is 36.2 Å². The predicted molar refractivity (Wildman–Crippen MR) is 113 cm³/mol. The smallest absolute Gasteiger partial charge is 0.274 e. The van der Waals surface area contributed by atoms with Crippen molar-refractivity contribution >= 4 is 23.2 Å². The maximum atomic E-state index is 12.7. The van der Waals surface area contributed by atoms with Crippen LogP contribution in [0.25, 0.3) is 0 Å². The van der Waals surface area contributed by atoms with E-state index < -0.39 is 0 Å². The Kier molecular flexibility index (Phi) is 5.76. The molecule has 0 unspecified atom stereocenters. The Balaban J connectivity index is 1.41. The van der Waals surface area contributed by atoms with Gasteiger partial charge in [0.25, 0.3) is 11.8 Å². The molecule has 7 nitrogen and oxygen atoms in total. The Bertz CT molecular complexity index is 869. The molecular weight excluding hydrogens is 366 g/mol. The van der Waals surface area contributed by atoms with Crippen LogP contribution >= 0.6 is 0 Å². The van der Waals surface area contributed by atoms with Crippen molar-refractivity contribution in [3.63, 3.8) is 0 Å². The molecule has 29 heavy (non-hydrogen) atoms. The molecule has 1 aromatic carbocycles. The lowest BCUT2D eigenvalue weighted by Gasteiger charge is -2.32. The fourth-order valence-corrected chi connectivity index (χ4v) is 3.81. The molecule has 152 valence electrons. The van der Waals surface area contributed by atoms with Gasteiger partial charge in [-0.1, -0.05) is 0 Å². The largest absolute Gasteiger partial charge is 0.372 e. The van der Waals surface area contributed by atoms with Crippen molar-refractivity contribution in [3.05, 3.63) is 53.9 Å². The lowest BCUT2D eigenvalue weighted by molar-refractivity contribution is 0.0664. The van der Waals surface area contributed by atoms with E-state index in [1.54, 1.807) is 12.1 Å². The summed E-state index contributed by atoms with van der Waals surface area (Å²) in [5.74, 6) is -0.364. The van der Waals surface area contributed by atoms with Gasteiger partial charge in [-0.25, -0.2) is 0 Å². The summed E-state index contributed by atoms with van der Waals surface area (Å²) in [6.07, 6.45) is 3.98. The van der Waals surface area contributed by atoms with Crippen molar-refractivity contribution in [2.24, 2.45) is 0 Å². The number of piperazine rings is 1. The number of likely N-dealkylation sites (N-methyl/N-ethyl adjacent to an activating group) is 1. The number of aromatic nitrogens is 1. The molecule has 3 heterocycles. The Morgan fingerprint density at radius 2 is 1.62 bits per heavy atom.